The lowest BCUT2D eigenvalue weighted by molar-refractivity contribution is 0.244. The van der Waals surface area contributed by atoms with Crippen LogP contribution in [0, 0.1) is 0 Å². The number of anilines is 2. The molecule has 2 heterocycles. The van der Waals surface area contributed by atoms with Crippen molar-refractivity contribution in [3.8, 4) is 5.75 Å². The minimum Gasteiger partial charge on any atom is -0.484 e. The number of hydrogen-bond acceptors (Lipinski definition) is 6. The summed E-state index contributed by atoms with van der Waals surface area (Å²) < 4.78 is 9.99. The molecule has 0 unspecified atom stereocenters. The van der Waals surface area contributed by atoms with Crippen LogP contribution in [0.4, 0.5) is 10.8 Å². The molecule has 0 saturated carbocycles. The second-order valence-electron chi connectivity index (χ2n) is 5.34. The first-order chi connectivity index (χ1) is 9.08. The van der Waals surface area contributed by atoms with E-state index in [4.69, 9.17) is 10.5 Å². The van der Waals surface area contributed by atoms with Crippen LogP contribution in [0.3, 0.4) is 0 Å². The maximum absolute atomic E-state index is 5.88. The zero-order valence-electron chi connectivity index (χ0n) is 12.1. The van der Waals surface area contributed by atoms with Gasteiger partial charge in [-0.3, -0.25) is 0 Å². The maximum Gasteiger partial charge on any atom is 0.198 e. The van der Waals surface area contributed by atoms with Crippen LogP contribution in [0.15, 0.2) is 0 Å². The predicted octanol–water partition coefficient (Wildman–Crippen LogP) is 2.04. The molecular weight excluding hydrogens is 260 g/mol. The molecule has 5 nitrogen and oxygen atoms in total. The average molecular weight is 284 g/mol. The van der Waals surface area contributed by atoms with Crippen molar-refractivity contribution in [3.05, 3.63) is 0 Å². The van der Waals surface area contributed by atoms with Crippen LogP contribution in [0.5, 0.6) is 5.75 Å². The number of likely N-dealkylation sites (tertiary alicyclic amines) is 1. The number of nitrogens with two attached hydrogens (primary N) is 1. The molecule has 1 aliphatic rings. The van der Waals surface area contributed by atoms with Gasteiger partial charge >= 0.3 is 0 Å². The molecule has 0 spiro atoms. The Hall–Kier alpha value is -1.01. The SMILES string of the molecule is CC(C)Oc1c(N)nsc1N(C)CCN1CCCC1. The third kappa shape index (κ3) is 3.73. The first-order valence-corrected chi connectivity index (χ1v) is 7.70. The number of likely N-dealkylation sites (N-methyl/N-ethyl adjacent to an activating group) is 1. The number of nitrogens with zero attached hydrogens (tertiary/aromatic N) is 3. The van der Waals surface area contributed by atoms with E-state index in [9.17, 15) is 0 Å². The van der Waals surface area contributed by atoms with Crippen LogP contribution in [-0.2, 0) is 0 Å². The Bertz CT molecular complexity index is 401. The van der Waals surface area contributed by atoms with E-state index in [2.05, 4.69) is 21.2 Å². The summed E-state index contributed by atoms with van der Waals surface area (Å²) >= 11 is 1.42. The quantitative estimate of drug-likeness (QED) is 0.866. The van der Waals surface area contributed by atoms with Gasteiger partial charge < -0.3 is 20.3 Å². The monoisotopic (exact) mass is 284 g/mol. The highest BCUT2D eigenvalue weighted by molar-refractivity contribution is 7.11. The first-order valence-electron chi connectivity index (χ1n) is 6.93. The van der Waals surface area contributed by atoms with Crippen LogP contribution >= 0.6 is 11.5 Å². The minimum absolute atomic E-state index is 0.115. The summed E-state index contributed by atoms with van der Waals surface area (Å²) in [6.45, 7) is 8.55. The number of ether oxygens (including phenoxy) is 1. The summed E-state index contributed by atoms with van der Waals surface area (Å²) in [7, 11) is 2.08. The molecule has 0 aromatic carbocycles. The van der Waals surface area contributed by atoms with Gasteiger partial charge in [0.25, 0.3) is 0 Å². The summed E-state index contributed by atoms with van der Waals surface area (Å²) in [5.41, 5.74) is 5.88. The molecule has 2 rings (SSSR count). The Morgan fingerprint density at radius 3 is 2.74 bits per heavy atom. The van der Waals surface area contributed by atoms with Crippen LogP contribution in [0.25, 0.3) is 0 Å². The van der Waals surface area contributed by atoms with E-state index in [1.807, 2.05) is 13.8 Å². The summed E-state index contributed by atoms with van der Waals surface area (Å²) in [6.07, 6.45) is 2.78. The third-order valence-corrected chi connectivity index (χ3v) is 4.27. The van der Waals surface area contributed by atoms with Crippen LogP contribution in [0.1, 0.15) is 26.7 Å². The summed E-state index contributed by atoms with van der Waals surface area (Å²) in [5.74, 6) is 1.24. The first kappa shape index (κ1) is 14.4. The molecule has 1 fully saturated rings. The molecular formula is C13H24N4OS. The van der Waals surface area contributed by atoms with Gasteiger partial charge in [0.15, 0.2) is 16.6 Å². The van der Waals surface area contributed by atoms with Crippen molar-refractivity contribution < 1.29 is 4.74 Å². The number of nitrogen functional groups attached to an aromatic ring is 1. The van der Waals surface area contributed by atoms with Crippen LogP contribution in [0.2, 0.25) is 0 Å². The molecule has 0 radical (unpaired) electrons. The van der Waals surface area contributed by atoms with Crippen molar-refractivity contribution >= 4 is 22.4 Å². The molecule has 1 saturated heterocycles. The molecule has 6 heteroatoms. The average Bonchev–Trinajstić information content (AvgIpc) is 2.97. The molecule has 1 aromatic heterocycles. The van der Waals surface area contributed by atoms with Crippen molar-refractivity contribution in [2.45, 2.75) is 32.8 Å². The van der Waals surface area contributed by atoms with Crippen molar-refractivity contribution in [1.82, 2.24) is 9.27 Å². The van der Waals surface area contributed by atoms with E-state index < -0.39 is 0 Å². The highest BCUT2D eigenvalue weighted by Crippen LogP contribution is 2.38. The van der Waals surface area contributed by atoms with E-state index in [1.165, 1.54) is 37.5 Å². The molecule has 0 amide bonds. The Labute approximate surface area is 119 Å². The van der Waals surface area contributed by atoms with E-state index >= 15 is 0 Å². The summed E-state index contributed by atoms with van der Waals surface area (Å²) in [5, 5.41) is 1.03. The van der Waals surface area contributed by atoms with Crippen molar-refractivity contribution in [2.75, 3.05) is 43.9 Å². The van der Waals surface area contributed by atoms with E-state index in [0.717, 1.165) is 23.8 Å². The van der Waals surface area contributed by atoms with Crippen LogP contribution < -0.4 is 15.4 Å². The van der Waals surface area contributed by atoms with Crippen molar-refractivity contribution in [1.29, 1.82) is 0 Å². The fourth-order valence-corrected chi connectivity index (χ4v) is 3.01. The minimum atomic E-state index is 0.115. The Morgan fingerprint density at radius 1 is 1.42 bits per heavy atom. The van der Waals surface area contributed by atoms with E-state index in [-0.39, 0.29) is 6.10 Å². The fraction of sp³-hybridized carbons (Fsp3) is 0.769. The third-order valence-electron chi connectivity index (χ3n) is 3.31. The number of aromatic nitrogens is 1. The maximum atomic E-state index is 5.88. The van der Waals surface area contributed by atoms with E-state index in [0.29, 0.717) is 5.82 Å². The molecule has 1 aromatic rings. The highest BCUT2D eigenvalue weighted by Gasteiger charge is 2.19. The van der Waals surface area contributed by atoms with Gasteiger partial charge in [-0.25, -0.2) is 0 Å². The molecule has 19 heavy (non-hydrogen) atoms. The smallest absolute Gasteiger partial charge is 0.198 e. The lowest BCUT2D eigenvalue weighted by Crippen LogP contribution is -2.31. The lowest BCUT2D eigenvalue weighted by Gasteiger charge is -2.23. The highest BCUT2D eigenvalue weighted by atomic mass is 32.1. The second-order valence-corrected chi connectivity index (χ2v) is 6.09. The van der Waals surface area contributed by atoms with Gasteiger partial charge in [-0.2, -0.15) is 4.37 Å². The van der Waals surface area contributed by atoms with Gasteiger partial charge in [-0.1, -0.05) is 0 Å². The topological polar surface area (TPSA) is 54.6 Å². The fourth-order valence-electron chi connectivity index (χ4n) is 2.27. The van der Waals surface area contributed by atoms with Gasteiger partial charge in [0, 0.05) is 20.1 Å². The molecule has 108 valence electrons. The van der Waals surface area contributed by atoms with E-state index in [1.54, 1.807) is 0 Å². The van der Waals surface area contributed by atoms with Crippen molar-refractivity contribution in [2.24, 2.45) is 0 Å². The standard InChI is InChI=1S/C13H24N4OS/c1-10(2)18-11-12(14)15-19-13(11)16(3)8-9-17-6-4-5-7-17/h10H,4-9H2,1-3H3,(H2,14,15). The Kier molecular flexibility index (Phi) is 4.87. The van der Waals surface area contributed by atoms with Gasteiger partial charge in [-0.05, 0) is 51.3 Å². The Balaban J connectivity index is 1.95. The molecule has 0 bridgehead atoms. The van der Waals surface area contributed by atoms with Gasteiger partial charge in [0.1, 0.15) is 0 Å². The normalized spacial score (nSPS) is 16.2. The number of rotatable bonds is 6. The van der Waals surface area contributed by atoms with Gasteiger partial charge in [-0.15, -0.1) is 0 Å². The summed E-state index contributed by atoms with van der Waals surface area (Å²) in [4.78, 5) is 4.70. The predicted molar refractivity (Wildman–Crippen MR) is 81.2 cm³/mol. The molecule has 0 aliphatic carbocycles. The Morgan fingerprint density at radius 2 is 2.11 bits per heavy atom. The largest absolute Gasteiger partial charge is 0.484 e. The number of hydrogen-bond donors (Lipinski definition) is 1. The molecule has 1 aliphatic heterocycles. The zero-order valence-corrected chi connectivity index (χ0v) is 12.9. The lowest BCUT2D eigenvalue weighted by atomic mass is 10.4. The molecule has 2 N–H and O–H groups in total. The second kappa shape index (κ2) is 6.43. The van der Waals surface area contributed by atoms with Gasteiger partial charge in [0.2, 0.25) is 0 Å². The summed E-state index contributed by atoms with van der Waals surface area (Å²) in [6, 6.07) is 0. The van der Waals surface area contributed by atoms with Crippen molar-refractivity contribution in [3.63, 3.8) is 0 Å². The zero-order chi connectivity index (χ0) is 13.8. The van der Waals surface area contributed by atoms with Crippen LogP contribution in [-0.4, -0.2) is 48.6 Å². The molecule has 0 atom stereocenters. The van der Waals surface area contributed by atoms with Gasteiger partial charge in [0.05, 0.1) is 6.10 Å².